The molecule has 0 fully saturated rings. The molecule has 0 heterocycles. The number of ether oxygens (including phenoxy) is 2. The van der Waals surface area contributed by atoms with Crippen LogP contribution in [0, 0.1) is 5.82 Å². The summed E-state index contributed by atoms with van der Waals surface area (Å²) in [6.45, 7) is 5.03. The first-order valence-corrected chi connectivity index (χ1v) is 12.4. The summed E-state index contributed by atoms with van der Waals surface area (Å²) in [7, 11) is 0. The zero-order valence-corrected chi connectivity index (χ0v) is 19.9. The van der Waals surface area contributed by atoms with Crippen molar-refractivity contribution in [2.24, 2.45) is 0 Å². The highest BCUT2D eigenvalue weighted by Crippen LogP contribution is 2.28. The average molecular weight is 447 g/mol. The molecule has 0 aliphatic rings. The molecule has 0 aliphatic heterocycles. The van der Waals surface area contributed by atoms with E-state index in [1.165, 1.54) is 38.2 Å². The van der Waals surface area contributed by atoms with Crippen LogP contribution in [0.25, 0.3) is 11.1 Å². The van der Waals surface area contributed by atoms with Gasteiger partial charge in [0.15, 0.2) is 0 Å². The lowest BCUT2D eigenvalue weighted by Crippen LogP contribution is -2.12. The Morgan fingerprint density at radius 2 is 1.34 bits per heavy atom. The lowest BCUT2D eigenvalue weighted by Gasteiger charge is -2.12. The van der Waals surface area contributed by atoms with E-state index in [-0.39, 0.29) is 12.4 Å². The summed E-state index contributed by atoms with van der Waals surface area (Å²) in [6.07, 6.45) is 11.0. The van der Waals surface area contributed by atoms with Crippen LogP contribution in [0.2, 0.25) is 0 Å². The Balaban J connectivity index is 1.77. The predicted octanol–water partition coefficient (Wildman–Crippen LogP) is 8.92. The normalized spacial score (nSPS) is 12.0. The van der Waals surface area contributed by atoms with Gasteiger partial charge >= 0.3 is 0 Å². The molecule has 2 rings (SSSR count). The van der Waals surface area contributed by atoms with Crippen molar-refractivity contribution in [2.45, 2.75) is 90.6 Å². The fourth-order valence-corrected chi connectivity index (χ4v) is 3.69. The largest absolute Gasteiger partial charge is 0.494 e. The number of hydrogen-bond donors (Lipinski definition) is 0. The molecule has 0 aliphatic carbocycles. The summed E-state index contributed by atoms with van der Waals surface area (Å²) in [5, 5.41) is 0. The third-order valence-corrected chi connectivity index (χ3v) is 5.67. The highest BCUT2D eigenvalue weighted by atomic mass is 19.1. The van der Waals surface area contributed by atoms with Crippen molar-refractivity contribution < 1.29 is 18.3 Å². The molecule has 0 amide bonds. The smallest absolute Gasteiger partial charge is 0.134 e. The lowest BCUT2D eigenvalue weighted by atomic mass is 10.0. The first-order valence-electron chi connectivity index (χ1n) is 12.4. The van der Waals surface area contributed by atoms with E-state index in [0.29, 0.717) is 24.3 Å². The molecule has 0 radical (unpaired) electrons. The Morgan fingerprint density at radius 1 is 0.719 bits per heavy atom. The van der Waals surface area contributed by atoms with E-state index in [2.05, 4.69) is 13.8 Å². The molecule has 32 heavy (non-hydrogen) atoms. The minimum Gasteiger partial charge on any atom is -0.494 e. The van der Waals surface area contributed by atoms with Gasteiger partial charge in [0.05, 0.1) is 6.61 Å². The zero-order chi connectivity index (χ0) is 23.0. The van der Waals surface area contributed by atoms with Gasteiger partial charge in [-0.3, -0.25) is 0 Å². The van der Waals surface area contributed by atoms with E-state index in [9.17, 15) is 8.78 Å². The van der Waals surface area contributed by atoms with Crippen LogP contribution in [0.1, 0.15) is 84.5 Å². The quantitative estimate of drug-likeness (QED) is 0.226. The van der Waals surface area contributed by atoms with Crippen molar-refractivity contribution in [3.8, 4) is 22.6 Å². The third kappa shape index (κ3) is 10.0. The maximum absolute atomic E-state index is 14.6. The Morgan fingerprint density at radius 3 is 2.03 bits per heavy atom. The molecule has 4 heteroatoms. The summed E-state index contributed by atoms with van der Waals surface area (Å²) in [6, 6.07) is 12.2. The van der Waals surface area contributed by atoms with E-state index in [4.69, 9.17) is 9.47 Å². The monoisotopic (exact) mass is 446 g/mol. The van der Waals surface area contributed by atoms with Crippen LogP contribution in [-0.2, 0) is 0 Å². The second kappa shape index (κ2) is 15.7. The van der Waals surface area contributed by atoms with E-state index in [1.54, 1.807) is 12.1 Å². The van der Waals surface area contributed by atoms with Crippen LogP contribution in [0.3, 0.4) is 0 Å². The second-order valence-electron chi connectivity index (χ2n) is 8.54. The Bertz CT molecular complexity index is 746. The van der Waals surface area contributed by atoms with Gasteiger partial charge in [0.2, 0.25) is 0 Å². The fraction of sp³-hybridized carbons (Fsp3) is 0.571. The fourth-order valence-electron chi connectivity index (χ4n) is 3.69. The highest BCUT2D eigenvalue weighted by Gasteiger charge is 2.10. The molecule has 178 valence electrons. The summed E-state index contributed by atoms with van der Waals surface area (Å²) in [4.78, 5) is 0. The molecule has 0 spiro atoms. The summed E-state index contributed by atoms with van der Waals surface area (Å²) in [5.74, 6) is 0.790. The average Bonchev–Trinajstić information content (AvgIpc) is 2.80. The van der Waals surface area contributed by atoms with Crippen LogP contribution >= 0.6 is 0 Å². The minimum atomic E-state index is -1.02. The Hall–Kier alpha value is -2.10. The van der Waals surface area contributed by atoms with Crippen LogP contribution in [0.5, 0.6) is 11.5 Å². The number of hydrogen-bond acceptors (Lipinski definition) is 2. The summed E-state index contributed by atoms with van der Waals surface area (Å²) < 4.78 is 39.8. The molecule has 0 N–H and O–H groups in total. The van der Waals surface area contributed by atoms with Crippen molar-refractivity contribution >= 4 is 0 Å². The standard InChI is InChI=1S/C28H40F2O2/c1-3-5-7-9-10-12-20-31-25-16-14-23(15-17-25)27-19-18-26(21-28(27)30)32-22-24(29)13-11-8-6-4-2/h14-19,21,24H,3-13,20,22H2,1-2H3. The van der Waals surface area contributed by atoms with Crippen molar-refractivity contribution in [2.75, 3.05) is 13.2 Å². The molecule has 2 aromatic carbocycles. The van der Waals surface area contributed by atoms with Gasteiger partial charge < -0.3 is 9.47 Å². The van der Waals surface area contributed by atoms with Crippen LogP contribution in [0.4, 0.5) is 8.78 Å². The Kier molecular flexibility index (Phi) is 12.8. The van der Waals surface area contributed by atoms with Gasteiger partial charge in [0.1, 0.15) is 30.1 Å². The van der Waals surface area contributed by atoms with Crippen molar-refractivity contribution in [3.05, 3.63) is 48.3 Å². The van der Waals surface area contributed by atoms with Gasteiger partial charge in [0.25, 0.3) is 0 Å². The maximum Gasteiger partial charge on any atom is 0.134 e. The van der Waals surface area contributed by atoms with Gasteiger partial charge in [-0.15, -0.1) is 0 Å². The van der Waals surface area contributed by atoms with Crippen LogP contribution in [0.15, 0.2) is 42.5 Å². The molecular formula is C28H40F2O2. The molecule has 1 atom stereocenters. The van der Waals surface area contributed by atoms with Gasteiger partial charge in [0, 0.05) is 11.6 Å². The minimum absolute atomic E-state index is 0.0322. The van der Waals surface area contributed by atoms with Crippen LogP contribution < -0.4 is 9.47 Å². The number of alkyl halides is 1. The first-order chi connectivity index (χ1) is 15.6. The van der Waals surface area contributed by atoms with Crippen molar-refractivity contribution in [1.82, 2.24) is 0 Å². The second-order valence-corrected chi connectivity index (χ2v) is 8.54. The topological polar surface area (TPSA) is 18.5 Å². The molecule has 0 saturated heterocycles. The van der Waals surface area contributed by atoms with Gasteiger partial charge in [-0.2, -0.15) is 0 Å². The highest BCUT2D eigenvalue weighted by molar-refractivity contribution is 5.65. The SMILES string of the molecule is CCCCCCCCOc1ccc(-c2ccc(OCC(F)CCCCCC)cc2F)cc1. The molecule has 2 aromatic rings. The lowest BCUT2D eigenvalue weighted by molar-refractivity contribution is 0.183. The predicted molar refractivity (Wildman–Crippen MR) is 130 cm³/mol. The number of benzene rings is 2. The van der Waals surface area contributed by atoms with Gasteiger partial charge in [-0.05, 0) is 42.7 Å². The molecule has 2 nitrogen and oxygen atoms in total. The van der Waals surface area contributed by atoms with E-state index >= 15 is 0 Å². The maximum atomic E-state index is 14.6. The molecule has 0 aromatic heterocycles. The Labute approximate surface area is 193 Å². The molecule has 1 unspecified atom stereocenters. The van der Waals surface area contributed by atoms with E-state index in [0.717, 1.165) is 43.4 Å². The van der Waals surface area contributed by atoms with Crippen LogP contribution in [-0.4, -0.2) is 19.4 Å². The molecular weight excluding hydrogens is 406 g/mol. The number of halogens is 2. The first kappa shape index (κ1) is 26.2. The van der Waals surface area contributed by atoms with E-state index < -0.39 is 6.17 Å². The van der Waals surface area contributed by atoms with E-state index in [1.807, 2.05) is 24.3 Å². The number of rotatable bonds is 17. The summed E-state index contributed by atoms with van der Waals surface area (Å²) in [5.41, 5.74) is 1.27. The van der Waals surface area contributed by atoms with Gasteiger partial charge in [-0.25, -0.2) is 8.78 Å². The van der Waals surface area contributed by atoms with Crippen molar-refractivity contribution in [3.63, 3.8) is 0 Å². The van der Waals surface area contributed by atoms with Crippen molar-refractivity contribution in [1.29, 1.82) is 0 Å². The third-order valence-electron chi connectivity index (χ3n) is 5.67. The molecule has 0 bridgehead atoms. The summed E-state index contributed by atoms with van der Waals surface area (Å²) >= 11 is 0. The van der Waals surface area contributed by atoms with Gasteiger partial charge in [-0.1, -0.05) is 83.8 Å². The zero-order valence-electron chi connectivity index (χ0n) is 19.9. The molecule has 0 saturated carbocycles. The number of unbranched alkanes of at least 4 members (excludes halogenated alkanes) is 8.